The van der Waals surface area contributed by atoms with Crippen molar-refractivity contribution in [1.82, 2.24) is 15.5 Å². The number of aryl methyl sites for hydroxylation is 1. The molecule has 0 saturated heterocycles. The molecular formula is C8H13N3O. The lowest BCUT2D eigenvalue weighted by atomic mass is 10.3. The molecule has 0 saturated carbocycles. The molecule has 1 heterocycles. The van der Waals surface area contributed by atoms with Crippen molar-refractivity contribution in [3.63, 3.8) is 0 Å². The van der Waals surface area contributed by atoms with Gasteiger partial charge in [-0.15, -0.1) is 5.10 Å². The number of nitrogens with one attached hydrogen (secondary N) is 1. The molecular weight excluding hydrogens is 154 g/mol. The minimum atomic E-state index is 0.588. The van der Waals surface area contributed by atoms with Gasteiger partial charge in [0.2, 0.25) is 5.88 Å². The summed E-state index contributed by atoms with van der Waals surface area (Å²) < 4.78 is 5.29. The van der Waals surface area contributed by atoms with Crippen LogP contribution in [-0.2, 0) is 0 Å². The van der Waals surface area contributed by atoms with E-state index in [0.717, 1.165) is 12.1 Å². The maximum absolute atomic E-state index is 5.29. The maximum Gasteiger partial charge on any atom is 0.233 e. The van der Waals surface area contributed by atoms with Crippen molar-refractivity contribution in [3.8, 4) is 5.88 Å². The molecule has 66 valence electrons. The van der Waals surface area contributed by atoms with Crippen molar-refractivity contribution in [2.24, 2.45) is 0 Å². The molecule has 1 rings (SSSR count). The van der Waals surface area contributed by atoms with Gasteiger partial charge in [0.1, 0.15) is 6.61 Å². The molecule has 12 heavy (non-hydrogen) atoms. The van der Waals surface area contributed by atoms with E-state index in [1.165, 1.54) is 0 Å². The summed E-state index contributed by atoms with van der Waals surface area (Å²) in [6.45, 7) is 3.39. The van der Waals surface area contributed by atoms with Crippen LogP contribution in [-0.4, -0.2) is 30.4 Å². The number of hydrogen-bond donors (Lipinski definition) is 1. The Labute approximate surface area is 72.0 Å². The molecule has 0 aliphatic rings. The zero-order chi connectivity index (χ0) is 8.81. The average molecular weight is 167 g/mol. The highest BCUT2D eigenvalue weighted by atomic mass is 16.5. The fourth-order valence-corrected chi connectivity index (χ4v) is 0.766. The molecule has 0 spiro atoms. The van der Waals surface area contributed by atoms with Crippen LogP contribution >= 0.6 is 0 Å². The van der Waals surface area contributed by atoms with Gasteiger partial charge in [0.25, 0.3) is 0 Å². The molecule has 1 N–H and O–H groups in total. The van der Waals surface area contributed by atoms with E-state index < -0.39 is 0 Å². The average Bonchev–Trinajstić information content (AvgIpc) is 2.05. The van der Waals surface area contributed by atoms with Crippen LogP contribution in [0.25, 0.3) is 0 Å². The molecule has 0 aliphatic carbocycles. The third-order valence-corrected chi connectivity index (χ3v) is 1.37. The van der Waals surface area contributed by atoms with Gasteiger partial charge in [0, 0.05) is 12.6 Å². The van der Waals surface area contributed by atoms with Gasteiger partial charge >= 0.3 is 0 Å². The van der Waals surface area contributed by atoms with Crippen LogP contribution in [0.4, 0.5) is 0 Å². The third kappa shape index (κ3) is 2.84. The number of ether oxygens (including phenoxy) is 1. The largest absolute Gasteiger partial charge is 0.475 e. The minimum Gasteiger partial charge on any atom is -0.475 e. The van der Waals surface area contributed by atoms with Gasteiger partial charge in [0.05, 0.1) is 6.20 Å². The summed E-state index contributed by atoms with van der Waals surface area (Å²) in [7, 11) is 1.88. The van der Waals surface area contributed by atoms with Gasteiger partial charge in [-0.25, -0.2) is 0 Å². The summed E-state index contributed by atoms with van der Waals surface area (Å²) in [6.07, 6.45) is 1.70. The summed E-state index contributed by atoms with van der Waals surface area (Å²) in [5.74, 6) is 0.588. The van der Waals surface area contributed by atoms with Crippen molar-refractivity contribution in [3.05, 3.63) is 17.8 Å². The number of nitrogens with zero attached hydrogens (tertiary/aromatic N) is 2. The second kappa shape index (κ2) is 4.66. The van der Waals surface area contributed by atoms with Gasteiger partial charge in [0.15, 0.2) is 0 Å². The van der Waals surface area contributed by atoms with Gasteiger partial charge in [-0.1, -0.05) is 0 Å². The second-order valence-electron chi connectivity index (χ2n) is 2.52. The highest BCUT2D eigenvalue weighted by molar-refractivity contribution is 5.14. The van der Waals surface area contributed by atoms with Gasteiger partial charge < -0.3 is 10.1 Å². The second-order valence-corrected chi connectivity index (χ2v) is 2.52. The normalized spacial score (nSPS) is 9.83. The number of likely N-dealkylation sites (N-methyl/N-ethyl adjacent to an activating group) is 1. The Bertz CT molecular complexity index is 239. The van der Waals surface area contributed by atoms with Crippen LogP contribution < -0.4 is 10.1 Å². The Kier molecular flexibility index (Phi) is 3.47. The van der Waals surface area contributed by atoms with Crippen molar-refractivity contribution >= 4 is 0 Å². The maximum atomic E-state index is 5.29. The van der Waals surface area contributed by atoms with E-state index >= 15 is 0 Å². The molecule has 0 aromatic carbocycles. The Morgan fingerprint density at radius 3 is 3.08 bits per heavy atom. The molecule has 4 heteroatoms. The minimum absolute atomic E-state index is 0.588. The fraction of sp³-hybridized carbons (Fsp3) is 0.500. The molecule has 0 atom stereocenters. The predicted molar refractivity (Wildman–Crippen MR) is 46.2 cm³/mol. The van der Waals surface area contributed by atoms with E-state index in [-0.39, 0.29) is 0 Å². The van der Waals surface area contributed by atoms with Crippen molar-refractivity contribution < 1.29 is 4.74 Å². The lowest BCUT2D eigenvalue weighted by Crippen LogP contribution is -2.16. The summed E-state index contributed by atoms with van der Waals surface area (Å²) in [4.78, 5) is 0. The first-order chi connectivity index (χ1) is 5.83. The lowest BCUT2D eigenvalue weighted by molar-refractivity contribution is 0.302. The molecule has 4 nitrogen and oxygen atoms in total. The Morgan fingerprint density at radius 1 is 1.58 bits per heavy atom. The molecule has 1 aromatic heterocycles. The quantitative estimate of drug-likeness (QED) is 0.659. The number of rotatable bonds is 4. The number of aromatic nitrogens is 2. The summed E-state index contributed by atoms with van der Waals surface area (Å²) in [6, 6.07) is 1.86. The van der Waals surface area contributed by atoms with E-state index in [2.05, 4.69) is 15.5 Å². The van der Waals surface area contributed by atoms with Gasteiger partial charge in [-0.3, -0.25) is 0 Å². The third-order valence-electron chi connectivity index (χ3n) is 1.37. The summed E-state index contributed by atoms with van der Waals surface area (Å²) >= 11 is 0. The molecule has 0 fully saturated rings. The molecule has 0 aliphatic heterocycles. The lowest BCUT2D eigenvalue weighted by Gasteiger charge is -2.03. The van der Waals surface area contributed by atoms with Crippen LogP contribution in [0.2, 0.25) is 0 Å². The van der Waals surface area contributed by atoms with Crippen LogP contribution in [0.15, 0.2) is 12.3 Å². The predicted octanol–water partition coefficient (Wildman–Crippen LogP) is 0.383. The smallest absolute Gasteiger partial charge is 0.233 e. The molecule has 0 radical (unpaired) electrons. The van der Waals surface area contributed by atoms with Crippen LogP contribution in [0.5, 0.6) is 5.88 Å². The van der Waals surface area contributed by atoms with Crippen LogP contribution in [0.3, 0.4) is 0 Å². The Hall–Kier alpha value is -1.16. The SMILES string of the molecule is CNCCOc1cc(C)cnn1. The monoisotopic (exact) mass is 167 g/mol. The first-order valence-electron chi connectivity index (χ1n) is 3.89. The zero-order valence-corrected chi connectivity index (χ0v) is 7.37. The Balaban J connectivity index is 2.41. The molecule has 0 unspecified atom stereocenters. The highest BCUT2D eigenvalue weighted by Crippen LogP contribution is 2.05. The summed E-state index contributed by atoms with van der Waals surface area (Å²) in [5.41, 5.74) is 1.06. The van der Waals surface area contributed by atoms with E-state index in [0.29, 0.717) is 12.5 Å². The van der Waals surface area contributed by atoms with E-state index in [1.54, 1.807) is 6.20 Å². The Morgan fingerprint density at radius 2 is 2.42 bits per heavy atom. The first-order valence-corrected chi connectivity index (χ1v) is 3.89. The van der Waals surface area contributed by atoms with Crippen molar-refractivity contribution in [1.29, 1.82) is 0 Å². The van der Waals surface area contributed by atoms with Crippen molar-refractivity contribution in [2.75, 3.05) is 20.2 Å². The van der Waals surface area contributed by atoms with E-state index in [1.807, 2.05) is 20.0 Å². The van der Waals surface area contributed by atoms with Gasteiger partial charge in [-0.2, -0.15) is 5.10 Å². The molecule has 0 amide bonds. The highest BCUT2D eigenvalue weighted by Gasteiger charge is 1.94. The standard InChI is InChI=1S/C8H13N3O/c1-7-5-8(11-10-6-7)12-4-3-9-2/h5-6,9H,3-4H2,1-2H3. The van der Waals surface area contributed by atoms with Crippen molar-refractivity contribution in [2.45, 2.75) is 6.92 Å². The van der Waals surface area contributed by atoms with Crippen LogP contribution in [0.1, 0.15) is 5.56 Å². The fourth-order valence-electron chi connectivity index (χ4n) is 0.766. The molecule has 0 bridgehead atoms. The summed E-state index contributed by atoms with van der Waals surface area (Å²) in [5, 5.41) is 10.6. The zero-order valence-electron chi connectivity index (χ0n) is 7.37. The first kappa shape index (κ1) is 8.93. The van der Waals surface area contributed by atoms with Crippen LogP contribution in [0, 0.1) is 6.92 Å². The topological polar surface area (TPSA) is 47.0 Å². The van der Waals surface area contributed by atoms with E-state index in [4.69, 9.17) is 4.74 Å². The number of hydrogen-bond acceptors (Lipinski definition) is 4. The van der Waals surface area contributed by atoms with Gasteiger partial charge in [-0.05, 0) is 19.5 Å². The van der Waals surface area contributed by atoms with E-state index in [9.17, 15) is 0 Å². The molecule has 1 aromatic rings.